The van der Waals surface area contributed by atoms with Gasteiger partial charge in [-0.05, 0) is 53.7 Å². The molecule has 3 aromatic carbocycles. The van der Waals surface area contributed by atoms with Gasteiger partial charge in [0.15, 0.2) is 0 Å². The highest BCUT2D eigenvalue weighted by atomic mass is 14.5. The van der Waals surface area contributed by atoms with Crippen molar-refractivity contribution in [1.29, 1.82) is 0 Å². The van der Waals surface area contributed by atoms with Crippen LogP contribution in [-0.4, -0.2) is 0 Å². The van der Waals surface area contributed by atoms with Gasteiger partial charge < -0.3 is 0 Å². The molecule has 4 rings (SSSR count). The molecule has 0 nitrogen and oxygen atoms in total. The molecule has 1 aliphatic carbocycles. The first-order valence-corrected chi connectivity index (χ1v) is 9.12. The van der Waals surface area contributed by atoms with Crippen molar-refractivity contribution in [3.05, 3.63) is 112 Å². The average molecular weight is 324 g/mol. The molecule has 0 unspecified atom stereocenters. The Morgan fingerprint density at radius 3 is 1.80 bits per heavy atom. The maximum Gasteiger partial charge on any atom is 0.0673 e. The topological polar surface area (TPSA) is 0 Å². The average Bonchev–Trinajstić information content (AvgIpc) is 2.91. The molecule has 0 saturated heterocycles. The highest BCUT2D eigenvalue weighted by molar-refractivity contribution is 5.84. The van der Waals surface area contributed by atoms with Crippen molar-refractivity contribution < 1.29 is 0 Å². The maximum atomic E-state index is 2.39. The first kappa shape index (κ1) is 15.9. The zero-order valence-corrected chi connectivity index (χ0v) is 15.2. The molecule has 0 spiro atoms. The number of benzene rings is 3. The van der Waals surface area contributed by atoms with Crippen LogP contribution in [0.1, 0.15) is 48.1 Å². The molecular formula is C25H24. The van der Waals surface area contributed by atoms with Gasteiger partial charge in [-0.1, -0.05) is 91.3 Å². The summed E-state index contributed by atoms with van der Waals surface area (Å²) in [5, 5.41) is 0. The summed E-state index contributed by atoms with van der Waals surface area (Å²) in [4.78, 5) is 0. The van der Waals surface area contributed by atoms with Gasteiger partial charge in [-0.3, -0.25) is 0 Å². The lowest BCUT2D eigenvalue weighted by atomic mass is 9.66. The summed E-state index contributed by atoms with van der Waals surface area (Å²) in [6.07, 6.45) is 1.04. The van der Waals surface area contributed by atoms with Gasteiger partial charge in [0.2, 0.25) is 0 Å². The molecule has 0 atom stereocenters. The van der Waals surface area contributed by atoms with Gasteiger partial charge in [0.25, 0.3) is 0 Å². The second-order valence-electron chi connectivity index (χ2n) is 6.99. The van der Waals surface area contributed by atoms with Crippen LogP contribution < -0.4 is 0 Å². The van der Waals surface area contributed by atoms with Crippen LogP contribution in [0.2, 0.25) is 0 Å². The third-order valence-electron chi connectivity index (χ3n) is 5.66. The fourth-order valence-electron chi connectivity index (χ4n) is 4.63. The predicted octanol–water partition coefficient (Wildman–Crippen LogP) is 6.53. The summed E-state index contributed by atoms with van der Waals surface area (Å²) in [5.74, 6) is 0. The summed E-state index contributed by atoms with van der Waals surface area (Å²) < 4.78 is 0. The monoisotopic (exact) mass is 324 g/mol. The van der Waals surface area contributed by atoms with E-state index in [0.29, 0.717) is 0 Å². The van der Waals surface area contributed by atoms with Gasteiger partial charge in [0.05, 0.1) is 5.41 Å². The van der Waals surface area contributed by atoms with Crippen molar-refractivity contribution in [3.8, 4) is 0 Å². The fourth-order valence-corrected chi connectivity index (χ4v) is 4.63. The van der Waals surface area contributed by atoms with E-state index in [-0.39, 0.29) is 5.41 Å². The minimum absolute atomic E-state index is 0.178. The Bertz CT molecular complexity index is 891. The molecule has 124 valence electrons. The van der Waals surface area contributed by atoms with E-state index in [0.717, 1.165) is 6.42 Å². The maximum absolute atomic E-state index is 2.39. The quantitative estimate of drug-likeness (QED) is 0.514. The van der Waals surface area contributed by atoms with Crippen LogP contribution in [-0.2, 0) is 5.41 Å². The summed E-state index contributed by atoms with van der Waals surface area (Å²) in [6.45, 7) is 6.78. The summed E-state index contributed by atoms with van der Waals surface area (Å²) in [5.41, 5.74) is 9.65. The molecule has 0 aromatic heterocycles. The lowest BCUT2D eigenvalue weighted by Crippen LogP contribution is -2.29. The smallest absolute Gasteiger partial charge is 0.0622 e. The van der Waals surface area contributed by atoms with Crippen LogP contribution in [0, 0.1) is 6.92 Å². The Morgan fingerprint density at radius 1 is 0.720 bits per heavy atom. The Labute approximate surface area is 150 Å². The standard InChI is InChI=1S/C25H24/c1-4-23-19(3)22-16-15-18(2)17-24(22)25(23,20-11-7-5-8-12-20)21-13-9-6-10-14-21/h5-17H,4H2,1-3H3. The third-order valence-corrected chi connectivity index (χ3v) is 5.66. The molecule has 3 aromatic rings. The summed E-state index contributed by atoms with van der Waals surface area (Å²) in [6, 6.07) is 28.9. The second-order valence-corrected chi connectivity index (χ2v) is 6.99. The lowest BCUT2D eigenvalue weighted by Gasteiger charge is -2.36. The molecule has 0 heteroatoms. The van der Waals surface area contributed by atoms with Gasteiger partial charge in [0, 0.05) is 0 Å². The van der Waals surface area contributed by atoms with Crippen molar-refractivity contribution in [2.24, 2.45) is 0 Å². The van der Waals surface area contributed by atoms with Crippen LogP contribution in [0.25, 0.3) is 5.57 Å². The first-order valence-electron chi connectivity index (χ1n) is 9.12. The highest BCUT2D eigenvalue weighted by Crippen LogP contribution is 2.55. The Hall–Kier alpha value is -2.60. The molecule has 0 saturated carbocycles. The van der Waals surface area contributed by atoms with Gasteiger partial charge in [-0.2, -0.15) is 0 Å². The Morgan fingerprint density at radius 2 is 1.28 bits per heavy atom. The van der Waals surface area contributed by atoms with Crippen molar-refractivity contribution in [2.45, 2.75) is 32.6 Å². The molecule has 1 aliphatic rings. The number of rotatable bonds is 3. The van der Waals surface area contributed by atoms with Crippen LogP contribution in [0.15, 0.2) is 84.4 Å². The normalized spacial score (nSPS) is 15.3. The van der Waals surface area contributed by atoms with Gasteiger partial charge in [-0.25, -0.2) is 0 Å². The van der Waals surface area contributed by atoms with Crippen molar-refractivity contribution in [2.75, 3.05) is 0 Å². The zero-order valence-electron chi connectivity index (χ0n) is 15.2. The van der Waals surface area contributed by atoms with Crippen LogP contribution in [0.5, 0.6) is 0 Å². The zero-order chi connectivity index (χ0) is 17.4. The van der Waals surface area contributed by atoms with Crippen molar-refractivity contribution in [3.63, 3.8) is 0 Å². The van der Waals surface area contributed by atoms with E-state index in [2.05, 4.69) is 99.6 Å². The van der Waals surface area contributed by atoms with E-state index in [1.165, 1.54) is 39.0 Å². The minimum atomic E-state index is -0.178. The molecular weight excluding hydrogens is 300 g/mol. The van der Waals surface area contributed by atoms with E-state index < -0.39 is 0 Å². The molecule has 0 heterocycles. The fraction of sp³-hybridized carbons (Fsp3) is 0.200. The van der Waals surface area contributed by atoms with Gasteiger partial charge >= 0.3 is 0 Å². The lowest BCUT2D eigenvalue weighted by molar-refractivity contribution is 0.711. The number of hydrogen-bond donors (Lipinski definition) is 0. The van der Waals surface area contributed by atoms with E-state index in [4.69, 9.17) is 0 Å². The highest BCUT2D eigenvalue weighted by Gasteiger charge is 2.45. The van der Waals surface area contributed by atoms with Crippen molar-refractivity contribution >= 4 is 5.57 Å². The van der Waals surface area contributed by atoms with Crippen LogP contribution >= 0.6 is 0 Å². The second kappa shape index (κ2) is 6.04. The van der Waals surface area contributed by atoms with Gasteiger partial charge in [0.1, 0.15) is 0 Å². The van der Waals surface area contributed by atoms with E-state index >= 15 is 0 Å². The third kappa shape index (κ3) is 2.21. The number of aryl methyl sites for hydroxylation is 1. The Balaban J connectivity index is 2.17. The molecule has 0 bridgehead atoms. The molecule has 0 amide bonds. The van der Waals surface area contributed by atoms with Crippen molar-refractivity contribution in [1.82, 2.24) is 0 Å². The minimum Gasteiger partial charge on any atom is -0.0622 e. The molecule has 0 fully saturated rings. The van der Waals surface area contributed by atoms with Gasteiger partial charge in [-0.15, -0.1) is 0 Å². The Kier molecular flexibility index (Phi) is 3.84. The summed E-state index contributed by atoms with van der Waals surface area (Å²) in [7, 11) is 0. The molecule has 0 N–H and O–H groups in total. The van der Waals surface area contributed by atoms with Crippen LogP contribution in [0.3, 0.4) is 0 Å². The number of hydrogen-bond acceptors (Lipinski definition) is 0. The number of fused-ring (bicyclic) bond motifs is 1. The molecule has 0 radical (unpaired) electrons. The number of allylic oxidation sites excluding steroid dienone is 2. The van der Waals surface area contributed by atoms with Crippen LogP contribution in [0.4, 0.5) is 0 Å². The SMILES string of the molecule is CCC1=C(C)c2ccc(C)cc2C1(c1ccccc1)c1ccccc1. The summed E-state index contributed by atoms with van der Waals surface area (Å²) >= 11 is 0. The molecule has 25 heavy (non-hydrogen) atoms. The first-order chi connectivity index (χ1) is 12.2. The predicted molar refractivity (Wildman–Crippen MR) is 107 cm³/mol. The largest absolute Gasteiger partial charge is 0.0673 e. The van der Waals surface area contributed by atoms with E-state index in [1.807, 2.05) is 0 Å². The van der Waals surface area contributed by atoms with E-state index in [1.54, 1.807) is 0 Å². The molecule has 0 aliphatic heterocycles. The van der Waals surface area contributed by atoms with E-state index in [9.17, 15) is 0 Å².